The molecule has 0 spiro atoms. The van der Waals surface area contributed by atoms with Gasteiger partial charge in [0.1, 0.15) is 5.75 Å². The lowest BCUT2D eigenvalue weighted by atomic mass is 9.80. The number of aliphatic carboxylic acids is 1. The van der Waals surface area contributed by atoms with Gasteiger partial charge in [0.2, 0.25) is 0 Å². The molecule has 4 nitrogen and oxygen atoms in total. The fourth-order valence-electron chi connectivity index (χ4n) is 2.70. The lowest BCUT2D eigenvalue weighted by Crippen LogP contribution is -2.35. The average Bonchev–Trinajstić information content (AvgIpc) is 2.34. The molecule has 1 aliphatic heterocycles. The van der Waals surface area contributed by atoms with E-state index in [9.17, 15) is 15.0 Å². The lowest BCUT2D eigenvalue weighted by Gasteiger charge is -2.32. The summed E-state index contributed by atoms with van der Waals surface area (Å²) in [6.45, 7) is 1.84. The predicted molar refractivity (Wildman–Crippen MR) is 68.7 cm³/mol. The van der Waals surface area contributed by atoms with Crippen molar-refractivity contribution in [3.8, 4) is 5.75 Å². The minimum absolute atomic E-state index is 0.0869. The standard InChI is InChI=1S/C14H19NO3/c1-15-8-6-10(7-9-15)13(14(17)18)11-4-2-3-5-12(11)16/h2-5,10,13,16H,6-9H2,1H3,(H,17,18). The van der Waals surface area contributed by atoms with Crippen molar-refractivity contribution in [2.24, 2.45) is 5.92 Å². The number of para-hydroxylation sites is 1. The van der Waals surface area contributed by atoms with Crippen LogP contribution in [-0.4, -0.2) is 41.2 Å². The zero-order chi connectivity index (χ0) is 13.1. The van der Waals surface area contributed by atoms with Crippen molar-refractivity contribution in [1.82, 2.24) is 4.90 Å². The lowest BCUT2D eigenvalue weighted by molar-refractivity contribution is -0.140. The summed E-state index contributed by atoms with van der Waals surface area (Å²) < 4.78 is 0. The van der Waals surface area contributed by atoms with Crippen LogP contribution in [0, 0.1) is 5.92 Å². The van der Waals surface area contributed by atoms with E-state index in [1.165, 1.54) is 0 Å². The molecule has 1 aliphatic rings. The van der Waals surface area contributed by atoms with Gasteiger partial charge < -0.3 is 15.1 Å². The quantitative estimate of drug-likeness (QED) is 0.859. The van der Waals surface area contributed by atoms with Crippen molar-refractivity contribution in [1.29, 1.82) is 0 Å². The molecule has 2 N–H and O–H groups in total. The first kappa shape index (κ1) is 12.9. The Kier molecular flexibility index (Phi) is 3.87. The Morgan fingerprint density at radius 3 is 2.50 bits per heavy atom. The Morgan fingerprint density at radius 2 is 1.94 bits per heavy atom. The molecule has 98 valence electrons. The fourth-order valence-corrected chi connectivity index (χ4v) is 2.70. The van der Waals surface area contributed by atoms with Crippen LogP contribution in [0.15, 0.2) is 24.3 Å². The van der Waals surface area contributed by atoms with Crippen molar-refractivity contribution in [3.63, 3.8) is 0 Å². The summed E-state index contributed by atoms with van der Waals surface area (Å²) in [5.74, 6) is -1.25. The van der Waals surface area contributed by atoms with E-state index in [2.05, 4.69) is 4.90 Å². The third-order valence-corrected chi connectivity index (χ3v) is 3.77. The van der Waals surface area contributed by atoms with Crippen LogP contribution < -0.4 is 0 Å². The molecule has 2 rings (SSSR count). The molecule has 0 saturated carbocycles. The normalized spacial score (nSPS) is 19.6. The van der Waals surface area contributed by atoms with Gasteiger partial charge in [0.15, 0.2) is 0 Å². The molecule has 1 atom stereocenters. The van der Waals surface area contributed by atoms with E-state index in [-0.39, 0.29) is 11.7 Å². The SMILES string of the molecule is CN1CCC(C(C(=O)O)c2ccccc2O)CC1. The summed E-state index contributed by atoms with van der Waals surface area (Å²) in [5, 5.41) is 19.3. The second-order valence-electron chi connectivity index (χ2n) is 5.02. The van der Waals surface area contributed by atoms with Gasteiger partial charge >= 0.3 is 5.97 Å². The monoisotopic (exact) mass is 249 g/mol. The van der Waals surface area contributed by atoms with Crippen molar-refractivity contribution in [3.05, 3.63) is 29.8 Å². The van der Waals surface area contributed by atoms with E-state index in [1.54, 1.807) is 24.3 Å². The maximum atomic E-state index is 11.5. The van der Waals surface area contributed by atoms with Crippen molar-refractivity contribution in [2.45, 2.75) is 18.8 Å². The largest absolute Gasteiger partial charge is 0.508 e. The van der Waals surface area contributed by atoms with Crippen LogP contribution in [0.3, 0.4) is 0 Å². The van der Waals surface area contributed by atoms with Crippen molar-refractivity contribution >= 4 is 5.97 Å². The van der Waals surface area contributed by atoms with Crippen LogP contribution in [-0.2, 0) is 4.79 Å². The molecule has 1 aromatic carbocycles. The third kappa shape index (κ3) is 2.64. The van der Waals surface area contributed by atoms with E-state index in [0.717, 1.165) is 25.9 Å². The van der Waals surface area contributed by atoms with Gasteiger partial charge in [0.05, 0.1) is 5.92 Å². The maximum absolute atomic E-state index is 11.5. The smallest absolute Gasteiger partial charge is 0.311 e. The molecule has 0 aromatic heterocycles. The zero-order valence-electron chi connectivity index (χ0n) is 10.5. The topological polar surface area (TPSA) is 60.8 Å². The Labute approximate surface area is 107 Å². The summed E-state index contributed by atoms with van der Waals surface area (Å²) in [5.41, 5.74) is 0.541. The second kappa shape index (κ2) is 5.40. The minimum atomic E-state index is -0.842. The maximum Gasteiger partial charge on any atom is 0.311 e. The number of phenols is 1. The van der Waals surface area contributed by atoms with Crippen LogP contribution >= 0.6 is 0 Å². The predicted octanol–water partition coefficient (Wildman–Crippen LogP) is 1.90. The average molecular weight is 249 g/mol. The van der Waals surface area contributed by atoms with Gasteiger partial charge in [-0.25, -0.2) is 0 Å². The second-order valence-corrected chi connectivity index (χ2v) is 5.02. The van der Waals surface area contributed by atoms with Crippen LogP contribution in [0.1, 0.15) is 24.3 Å². The molecule has 0 aliphatic carbocycles. The van der Waals surface area contributed by atoms with E-state index in [1.807, 2.05) is 7.05 Å². The molecule has 1 unspecified atom stereocenters. The van der Waals surface area contributed by atoms with Crippen LogP contribution in [0.4, 0.5) is 0 Å². The molecule has 1 fully saturated rings. The number of aromatic hydroxyl groups is 1. The van der Waals surface area contributed by atoms with Gasteiger partial charge in [-0.05, 0) is 45.0 Å². The highest BCUT2D eigenvalue weighted by molar-refractivity contribution is 5.77. The molecule has 0 radical (unpaired) electrons. The molecule has 4 heteroatoms. The summed E-state index contributed by atoms with van der Waals surface area (Å²) >= 11 is 0. The van der Waals surface area contributed by atoms with Crippen molar-refractivity contribution < 1.29 is 15.0 Å². The molecule has 0 amide bonds. The number of carbonyl (C=O) groups is 1. The molecule has 1 saturated heterocycles. The molecule has 1 aromatic rings. The van der Waals surface area contributed by atoms with E-state index in [0.29, 0.717) is 5.56 Å². The van der Waals surface area contributed by atoms with Gasteiger partial charge in [-0.1, -0.05) is 18.2 Å². The first-order valence-electron chi connectivity index (χ1n) is 6.29. The minimum Gasteiger partial charge on any atom is -0.508 e. The van der Waals surface area contributed by atoms with E-state index in [4.69, 9.17) is 0 Å². The summed E-state index contributed by atoms with van der Waals surface area (Å²) in [7, 11) is 2.05. The van der Waals surface area contributed by atoms with E-state index >= 15 is 0 Å². The molecule has 18 heavy (non-hydrogen) atoms. The van der Waals surface area contributed by atoms with Gasteiger partial charge in [-0.15, -0.1) is 0 Å². The number of benzene rings is 1. The number of rotatable bonds is 3. The van der Waals surface area contributed by atoms with Gasteiger partial charge in [0, 0.05) is 5.56 Å². The van der Waals surface area contributed by atoms with Gasteiger partial charge in [-0.2, -0.15) is 0 Å². The molecule has 0 bridgehead atoms. The molecular weight excluding hydrogens is 230 g/mol. The highest BCUT2D eigenvalue weighted by Gasteiger charge is 2.33. The van der Waals surface area contributed by atoms with E-state index < -0.39 is 11.9 Å². The number of piperidine rings is 1. The van der Waals surface area contributed by atoms with Gasteiger partial charge in [-0.3, -0.25) is 4.79 Å². The van der Waals surface area contributed by atoms with Crippen molar-refractivity contribution in [2.75, 3.05) is 20.1 Å². The van der Waals surface area contributed by atoms with Crippen LogP contribution in [0.5, 0.6) is 5.75 Å². The van der Waals surface area contributed by atoms with Gasteiger partial charge in [0.25, 0.3) is 0 Å². The number of likely N-dealkylation sites (tertiary alicyclic amines) is 1. The zero-order valence-corrected chi connectivity index (χ0v) is 10.5. The number of hydrogen-bond acceptors (Lipinski definition) is 3. The first-order chi connectivity index (χ1) is 8.59. The van der Waals surface area contributed by atoms with Crippen LogP contribution in [0.25, 0.3) is 0 Å². The Bertz CT molecular complexity index is 425. The highest BCUT2D eigenvalue weighted by atomic mass is 16.4. The fraction of sp³-hybridized carbons (Fsp3) is 0.500. The number of nitrogens with zero attached hydrogens (tertiary/aromatic N) is 1. The number of hydrogen-bond donors (Lipinski definition) is 2. The summed E-state index contributed by atoms with van der Waals surface area (Å²) in [4.78, 5) is 13.7. The summed E-state index contributed by atoms with van der Waals surface area (Å²) in [6, 6.07) is 6.76. The Hall–Kier alpha value is -1.55. The Morgan fingerprint density at radius 1 is 1.33 bits per heavy atom. The third-order valence-electron chi connectivity index (χ3n) is 3.77. The highest BCUT2D eigenvalue weighted by Crippen LogP contribution is 2.36. The number of phenolic OH excluding ortho intramolecular Hbond substituents is 1. The number of carboxylic acid groups (broad SMARTS) is 1. The first-order valence-corrected chi connectivity index (χ1v) is 6.29. The van der Waals surface area contributed by atoms with Crippen LogP contribution in [0.2, 0.25) is 0 Å². The molecular formula is C14H19NO3. The summed E-state index contributed by atoms with van der Waals surface area (Å²) in [6.07, 6.45) is 1.73. The Balaban J connectivity index is 2.24. The number of carboxylic acids is 1. The molecule has 1 heterocycles.